The molecule has 0 radical (unpaired) electrons. The van der Waals surface area contributed by atoms with Crippen LogP contribution in [0.2, 0.25) is 0 Å². The molecule has 0 saturated heterocycles. The fraction of sp³-hybridized carbons (Fsp3) is 0.385. The molecule has 17 heavy (non-hydrogen) atoms. The maximum absolute atomic E-state index is 13.8. The number of hydrogen-bond acceptors (Lipinski definition) is 3. The number of nitriles is 2. The van der Waals surface area contributed by atoms with Gasteiger partial charge in [0.05, 0.1) is 18.1 Å². The Morgan fingerprint density at radius 1 is 1.41 bits per heavy atom. The Hall–Kier alpha value is -1.91. The second kappa shape index (κ2) is 5.98. The Balaban J connectivity index is 2.83. The van der Waals surface area contributed by atoms with Gasteiger partial charge in [0.25, 0.3) is 0 Å². The molecule has 0 aliphatic carbocycles. The van der Waals surface area contributed by atoms with Gasteiger partial charge in [-0.05, 0) is 20.0 Å². The maximum Gasteiger partial charge on any atom is 0.145 e. The molecule has 0 heterocycles. The van der Waals surface area contributed by atoms with Gasteiger partial charge in [0.1, 0.15) is 11.9 Å². The lowest BCUT2D eigenvalue weighted by Gasteiger charge is -2.22. The molecule has 3 nitrogen and oxygen atoms in total. The molecule has 0 aromatic heterocycles. The van der Waals surface area contributed by atoms with E-state index < -0.39 is 5.82 Å². The van der Waals surface area contributed by atoms with E-state index in [-0.39, 0.29) is 11.6 Å². The van der Waals surface area contributed by atoms with Gasteiger partial charge in [-0.3, -0.25) is 4.90 Å². The summed E-state index contributed by atoms with van der Waals surface area (Å²) >= 11 is 0. The maximum atomic E-state index is 13.8. The van der Waals surface area contributed by atoms with Gasteiger partial charge in [-0.1, -0.05) is 12.1 Å². The first-order chi connectivity index (χ1) is 8.10. The first-order valence-electron chi connectivity index (χ1n) is 5.34. The van der Waals surface area contributed by atoms with Gasteiger partial charge >= 0.3 is 0 Å². The van der Waals surface area contributed by atoms with Crippen molar-refractivity contribution in [3.8, 4) is 12.1 Å². The summed E-state index contributed by atoms with van der Waals surface area (Å²) in [5, 5.41) is 17.3. The molecule has 1 atom stereocenters. The van der Waals surface area contributed by atoms with Gasteiger partial charge in [0, 0.05) is 18.2 Å². The average Bonchev–Trinajstić information content (AvgIpc) is 2.32. The molecule has 0 N–H and O–H groups in total. The van der Waals surface area contributed by atoms with E-state index in [4.69, 9.17) is 10.5 Å². The highest BCUT2D eigenvalue weighted by Crippen LogP contribution is 2.15. The minimum absolute atomic E-state index is 0.0591. The Morgan fingerprint density at radius 3 is 2.71 bits per heavy atom. The molecule has 0 spiro atoms. The largest absolute Gasteiger partial charge is 0.298 e. The molecule has 1 aromatic carbocycles. The van der Waals surface area contributed by atoms with Gasteiger partial charge < -0.3 is 0 Å². The molecule has 88 valence electrons. The summed E-state index contributed by atoms with van der Waals surface area (Å²) in [5.41, 5.74) is 0.542. The highest BCUT2D eigenvalue weighted by molar-refractivity contribution is 5.34. The van der Waals surface area contributed by atoms with Crippen molar-refractivity contribution in [1.29, 1.82) is 10.5 Å². The van der Waals surface area contributed by atoms with Gasteiger partial charge in [-0.25, -0.2) is 4.39 Å². The van der Waals surface area contributed by atoms with Crippen LogP contribution in [0, 0.1) is 28.5 Å². The van der Waals surface area contributed by atoms with Crippen molar-refractivity contribution in [3.63, 3.8) is 0 Å². The van der Waals surface area contributed by atoms with Crippen molar-refractivity contribution in [1.82, 2.24) is 4.90 Å². The number of benzene rings is 1. The Kier molecular flexibility index (Phi) is 4.63. The van der Waals surface area contributed by atoms with Crippen LogP contribution in [0.3, 0.4) is 0 Å². The van der Waals surface area contributed by atoms with Crippen molar-refractivity contribution in [2.24, 2.45) is 0 Å². The molecule has 1 aromatic rings. The summed E-state index contributed by atoms with van der Waals surface area (Å²) in [6.45, 7) is 2.31. The van der Waals surface area contributed by atoms with E-state index in [1.54, 1.807) is 12.1 Å². The fourth-order valence-electron chi connectivity index (χ4n) is 1.50. The highest BCUT2D eigenvalue weighted by atomic mass is 19.1. The molecule has 1 rings (SSSR count). The van der Waals surface area contributed by atoms with Crippen LogP contribution in [0.25, 0.3) is 0 Å². The van der Waals surface area contributed by atoms with Crippen molar-refractivity contribution >= 4 is 0 Å². The Labute approximate surface area is 101 Å². The third kappa shape index (κ3) is 3.27. The predicted octanol–water partition coefficient (Wildman–Crippen LogP) is 2.43. The van der Waals surface area contributed by atoms with Crippen LogP contribution in [-0.2, 0) is 6.54 Å². The minimum Gasteiger partial charge on any atom is -0.298 e. The van der Waals surface area contributed by atoms with E-state index in [0.717, 1.165) is 0 Å². The average molecular weight is 231 g/mol. The van der Waals surface area contributed by atoms with E-state index in [0.29, 0.717) is 18.5 Å². The molecule has 0 fully saturated rings. The van der Waals surface area contributed by atoms with Crippen LogP contribution < -0.4 is 0 Å². The molecule has 1 unspecified atom stereocenters. The van der Waals surface area contributed by atoms with Gasteiger partial charge in [0.2, 0.25) is 0 Å². The third-order valence-corrected chi connectivity index (χ3v) is 2.76. The highest BCUT2D eigenvalue weighted by Gasteiger charge is 2.13. The minimum atomic E-state index is -0.467. The fourth-order valence-corrected chi connectivity index (χ4v) is 1.50. The zero-order valence-electron chi connectivity index (χ0n) is 9.94. The zero-order chi connectivity index (χ0) is 12.8. The summed E-state index contributed by atoms with van der Waals surface area (Å²) in [6, 6.07) is 8.74. The quantitative estimate of drug-likeness (QED) is 0.799. The normalized spacial score (nSPS) is 11.9. The van der Waals surface area contributed by atoms with Crippen molar-refractivity contribution in [2.45, 2.75) is 25.9 Å². The number of rotatable bonds is 4. The topological polar surface area (TPSA) is 50.8 Å². The van der Waals surface area contributed by atoms with Gasteiger partial charge in [0.15, 0.2) is 0 Å². The summed E-state index contributed by atoms with van der Waals surface area (Å²) in [6.07, 6.45) is 0.399. The predicted molar refractivity (Wildman–Crippen MR) is 62.3 cm³/mol. The summed E-state index contributed by atoms with van der Waals surface area (Å²) in [5.74, 6) is -0.467. The molecule has 0 aliphatic rings. The van der Waals surface area contributed by atoms with E-state index in [2.05, 4.69) is 6.07 Å². The lowest BCUT2D eigenvalue weighted by molar-refractivity contribution is 0.249. The van der Waals surface area contributed by atoms with Crippen molar-refractivity contribution < 1.29 is 4.39 Å². The van der Waals surface area contributed by atoms with Crippen LogP contribution in [0.1, 0.15) is 24.5 Å². The van der Waals surface area contributed by atoms with Crippen LogP contribution >= 0.6 is 0 Å². The molecule has 0 amide bonds. The lowest BCUT2D eigenvalue weighted by Crippen LogP contribution is -2.28. The first kappa shape index (κ1) is 13.2. The van der Waals surface area contributed by atoms with Crippen molar-refractivity contribution in [3.05, 3.63) is 35.1 Å². The van der Waals surface area contributed by atoms with Gasteiger partial charge in [-0.15, -0.1) is 0 Å². The molecule has 0 saturated carbocycles. The number of hydrogen-bond donors (Lipinski definition) is 0. The number of halogens is 1. The van der Waals surface area contributed by atoms with E-state index in [1.807, 2.05) is 24.9 Å². The van der Waals surface area contributed by atoms with Gasteiger partial charge in [-0.2, -0.15) is 10.5 Å². The smallest absolute Gasteiger partial charge is 0.145 e. The second-order valence-corrected chi connectivity index (χ2v) is 4.02. The standard InChI is InChI=1S/C13H14FN3/c1-10(6-7-15)17(2)9-12-5-3-4-11(8-16)13(12)14/h3-5,10H,6,9H2,1-2H3. The Morgan fingerprint density at radius 2 is 2.12 bits per heavy atom. The Bertz CT molecular complexity index is 471. The van der Waals surface area contributed by atoms with Crippen LogP contribution in [0.5, 0.6) is 0 Å². The van der Waals surface area contributed by atoms with Crippen LogP contribution in [0.15, 0.2) is 18.2 Å². The van der Waals surface area contributed by atoms with E-state index >= 15 is 0 Å². The van der Waals surface area contributed by atoms with Crippen LogP contribution in [-0.4, -0.2) is 18.0 Å². The monoisotopic (exact) mass is 231 g/mol. The summed E-state index contributed by atoms with van der Waals surface area (Å²) in [4.78, 5) is 1.89. The molecule has 0 aliphatic heterocycles. The molecule has 0 bridgehead atoms. The van der Waals surface area contributed by atoms with Crippen LogP contribution in [0.4, 0.5) is 4.39 Å². The van der Waals surface area contributed by atoms with Crippen molar-refractivity contribution in [2.75, 3.05) is 7.05 Å². The molecular formula is C13H14FN3. The summed E-state index contributed by atoms with van der Waals surface area (Å²) < 4.78 is 13.8. The van der Waals surface area contributed by atoms with E-state index in [9.17, 15) is 4.39 Å². The number of nitrogens with zero attached hydrogens (tertiary/aromatic N) is 3. The molecule has 4 heteroatoms. The van der Waals surface area contributed by atoms with E-state index in [1.165, 1.54) is 6.07 Å². The third-order valence-electron chi connectivity index (χ3n) is 2.76. The lowest BCUT2D eigenvalue weighted by atomic mass is 10.1. The first-order valence-corrected chi connectivity index (χ1v) is 5.34. The SMILES string of the molecule is CC(CC#N)N(C)Cc1cccc(C#N)c1F. The second-order valence-electron chi connectivity index (χ2n) is 4.02. The molecular weight excluding hydrogens is 217 g/mol. The summed E-state index contributed by atoms with van der Waals surface area (Å²) in [7, 11) is 1.83. The zero-order valence-corrected chi connectivity index (χ0v) is 9.94.